The molecule has 0 aliphatic heterocycles. The molecule has 0 bridgehead atoms. The van der Waals surface area contributed by atoms with E-state index in [-0.39, 0.29) is 12.4 Å². The molecule has 3 rings (SSSR count). The van der Waals surface area contributed by atoms with Gasteiger partial charge in [-0.05, 0) is 24.3 Å². The van der Waals surface area contributed by atoms with Crippen LogP contribution in [0.15, 0.2) is 55.6 Å². The van der Waals surface area contributed by atoms with Crippen molar-refractivity contribution in [3.8, 4) is 23.8 Å². The van der Waals surface area contributed by atoms with Gasteiger partial charge in [-0.25, -0.2) is 9.97 Å². The minimum Gasteiger partial charge on any atom is -0.487 e. The molecule has 0 unspecified atom stereocenters. The topological polar surface area (TPSA) is 65.5 Å². The average Bonchev–Trinajstić information content (AvgIpc) is 2.69. The second-order valence-corrected chi connectivity index (χ2v) is 5.51. The van der Waals surface area contributed by atoms with E-state index in [0.29, 0.717) is 36.0 Å². The van der Waals surface area contributed by atoms with E-state index in [2.05, 4.69) is 27.8 Å². The summed E-state index contributed by atoms with van der Waals surface area (Å²) in [5.41, 5.74) is 2.32. The largest absolute Gasteiger partial charge is 0.487 e. The molecule has 0 spiro atoms. The minimum atomic E-state index is 0. The Morgan fingerprint density at radius 1 is 1.18 bits per heavy atom. The zero-order valence-corrected chi connectivity index (χ0v) is 16.2. The lowest BCUT2D eigenvalue weighted by Crippen LogP contribution is -2.05. The van der Waals surface area contributed by atoms with Crippen molar-refractivity contribution in [1.82, 2.24) is 9.97 Å². The van der Waals surface area contributed by atoms with Crippen LogP contribution in [-0.2, 0) is 4.74 Å². The normalized spacial score (nSPS) is 9.86. The molecule has 6 nitrogen and oxygen atoms in total. The summed E-state index contributed by atoms with van der Waals surface area (Å²) < 4.78 is 16.3. The number of rotatable bonds is 8. The van der Waals surface area contributed by atoms with Gasteiger partial charge in [0.15, 0.2) is 11.5 Å². The van der Waals surface area contributed by atoms with Crippen molar-refractivity contribution in [2.75, 3.05) is 25.6 Å². The molecule has 0 amide bonds. The van der Waals surface area contributed by atoms with Crippen LogP contribution in [0.25, 0.3) is 10.9 Å². The first-order valence-electron chi connectivity index (χ1n) is 8.27. The maximum absolute atomic E-state index is 5.73. The van der Waals surface area contributed by atoms with Gasteiger partial charge in [-0.1, -0.05) is 18.6 Å². The summed E-state index contributed by atoms with van der Waals surface area (Å²) in [6.07, 6.45) is 8.30. The number of terminal acetylenes is 1. The highest BCUT2D eigenvalue weighted by Gasteiger charge is 2.12. The third-order valence-electron chi connectivity index (χ3n) is 3.75. The van der Waals surface area contributed by atoms with Crippen LogP contribution in [-0.4, -0.2) is 30.3 Å². The summed E-state index contributed by atoms with van der Waals surface area (Å²) >= 11 is 0. The highest BCUT2D eigenvalue weighted by Crippen LogP contribution is 2.35. The average molecular weight is 398 g/mol. The second kappa shape index (κ2) is 10.2. The molecular weight excluding hydrogens is 378 g/mol. The Morgan fingerprint density at radius 2 is 2.04 bits per heavy atom. The first-order valence-corrected chi connectivity index (χ1v) is 8.27. The summed E-state index contributed by atoms with van der Waals surface area (Å²) in [5, 5.41) is 4.05. The number of anilines is 2. The molecule has 1 N–H and O–H groups in total. The Labute approximate surface area is 170 Å². The molecule has 0 atom stereocenters. The lowest BCUT2D eigenvalue weighted by Gasteiger charge is -2.13. The monoisotopic (exact) mass is 397 g/mol. The quantitative estimate of drug-likeness (QED) is 0.347. The van der Waals surface area contributed by atoms with Gasteiger partial charge in [0.1, 0.15) is 18.8 Å². The summed E-state index contributed by atoms with van der Waals surface area (Å²) in [4.78, 5) is 8.68. The number of hydrogen-bond donors (Lipinski definition) is 1. The summed E-state index contributed by atoms with van der Waals surface area (Å²) in [7, 11) is 1.62. The summed E-state index contributed by atoms with van der Waals surface area (Å²) in [6.45, 7) is 4.47. The van der Waals surface area contributed by atoms with Crippen molar-refractivity contribution in [3.63, 3.8) is 0 Å². The fourth-order valence-electron chi connectivity index (χ4n) is 2.52. The molecule has 2 aromatic carbocycles. The fourth-order valence-corrected chi connectivity index (χ4v) is 2.52. The number of aromatic nitrogens is 2. The summed E-state index contributed by atoms with van der Waals surface area (Å²) in [5.74, 6) is 4.32. The van der Waals surface area contributed by atoms with E-state index < -0.39 is 0 Å². The Hall–Kier alpha value is -3.27. The van der Waals surface area contributed by atoms with Gasteiger partial charge in [0.05, 0.1) is 18.4 Å². The van der Waals surface area contributed by atoms with Gasteiger partial charge < -0.3 is 19.5 Å². The van der Waals surface area contributed by atoms with Crippen molar-refractivity contribution in [2.45, 2.75) is 0 Å². The highest BCUT2D eigenvalue weighted by atomic mass is 35.5. The molecule has 28 heavy (non-hydrogen) atoms. The Balaban J connectivity index is 0.00000280. The lowest BCUT2D eigenvalue weighted by molar-refractivity contribution is 0.145. The van der Waals surface area contributed by atoms with Crippen LogP contribution in [0.1, 0.15) is 5.56 Å². The fraction of sp³-hybridized carbons (Fsp3) is 0.143. The molecule has 144 valence electrons. The van der Waals surface area contributed by atoms with E-state index in [1.807, 2.05) is 30.3 Å². The molecule has 0 fully saturated rings. The van der Waals surface area contributed by atoms with Crippen LogP contribution in [0.5, 0.6) is 11.5 Å². The number of fused-ring (bicyclic) bond motifs is 1. The Bertz CT molecular complexity index is 1000. The number of hydrogen-bond acceptors (Lipinski definition) is 6. The molecular formula is C21H20ClN3O3. The standard InChI is InChI=1S/C21H19N3O3.ClH/c1-4-15-7-6-8-16(11-15)24-21-17-12-19(26-5-2)20(27-10-9-25-3)13-18(17)22-14-23-21;/h1,5-8,11-14H,2,9-10H2,3H3,(H,22,23,24);1H. The second-order valence-electron chi connectivity index (χ2n) is 5.51. The van der Waals surface area contributed by atoms with Crippen LogP contribution >= 0.6 is 12.4 Å². The van der Waals surface area contributed by atoms with Crippen LogP contribution in [0.4, 0.5) is 11.5 Å². The van der Waals surface area contributed by atoms with Crippen LogP contribution in [0.3, 0.4) is 0 Å². The molecule has 0 radical (unpaired) electrons. The molecule has 3 aromatic rings. The molecule has 7 heteroatoms. The van der Waals surface area contributed by atoms with Gasteiger partial charge in [-0.2, -0.15) is 0 Å². The predicted octanol–water partition coefficient (Wildman–Crippen LogP) is 4.32. The van der Waals surface area contributed by atoms with Gasteiger partial charge in [-0.15, -0.1) is 18.8 Å². The predicted molar refractivity (Wildman–Crippen MR) is 113 cm³/mol. The number of nitrogens with one attached hydrogen (secondary N) is 1. The SMILES string of the molecule is C#Cc1cccc(Nc2ncnc3cc(OCCOC)c(OC=C)cc23)c1.Cl. The van der Waals surface area contributed by atoms with Crippen molar-refractivity contribution < 1.29 is 14.2 Å². The lowest BCUT2D eigenvalue weighted by atomic mass is 10.2. The summed E-state index contributed by atoms with van der Waals surface area (Å²) in [6, 6.07) is 11.1. The first-order chi connectivity index (χ1) is 13.2. The smallest absolute Gasteiger partial charge is 0.169 e. The molecule has 0 saturated carbocycles. The van der Waals surface area contributed by atoms with Crippen molar-refractivity contribution in [2.24, 2.45) is 0 Å². The number of benzene rings is 2. The van der Waals surface area contributed by atoms with E-state index in [9.17, 15) is 0 Å². The van der Waals surface area contributed by atoms with E-state index in [4.69, 9.17) is 20.6 Å². The van der Waals surface area contributed by atoms with Crippen LogP contribution < -0.4 is 14.8 Å². The van der Waals surface area contributed by atoms with Gasteiger partial charge >= 0.3 is 0 Å². The zero-order chi connectivity index (χ0) is 19.1. The minimum absolute atomic E-state index is 0. The van der Waals surface area contributed by atoms with Gasteiger partial charge in [0.25, 0.3) is 0 Å². The highest BCUT2D eigenvalue weighted by molar-refractivity contribution is 5.93. The molecule has 0 aliphatic carbocycles. The van der Waals surface area contributed by atoms with Gasteiger partial charge in [-0.3, -0.25) is 0 Å². The van der Waals surface area contributed by atoms with Crippen molar-refractivity contribution >= 4 is 34.8 Å². The number of methoxy groups -OCH3 is 1. The first kappa shape index (κ1) is 21.0. The van der Waals surface area contributed by atoms with E-state index in [1.165, 1.54) is 12.6 Å². The maximum Gasteiger partial charge on any atom is 0.169 e. The molecule has 1 aromatic heterocycles. The van der Waals surface area contributed by atoms with Gasteiger partial charge in [0, 0.05) is 29.8 Å². The molecule has 0 saturated heterocycles. The molecule has 0 aliphatic rings. The number of nitrogens with zero attached hydrogens (tertiary/aromatic N) is 2. The van der Waals surface area contributed by atoms with Crippen LogP contribution in [0.2, 0.25) is 0 Å². The van der Waals surface area contributed by atoms with Gasteiger partial charge in [0.2, 0.25) is 0 Å². The van der Waals surface area contributed by atoms with Crippen LogP contribution in [0, 0.1) is 12.3 Å². The maximum atomic E-state index is 5.73. The van der Waals surface area contributed by atoms with Crippen molar-refractivity contribution in [3.05, 3.63) is 61.1 Å². The van der Waals surface area contributed by atoms with Crippen molar-refractivity contribution in [1.29, 1.82) is 0 Å². The van der Waals surface area contributed by atoms with E-state index >= 15 is 0 Å². The number of halogens is 1. The zero-order valence-electron chi connectivity index (χ0n) is 15.3. The third-order valence-corrected chi connectivity index (χ3v) is 3.75. The van der Waals surface area contributed by atoms with E-state index in [0.717, 1.165) is 16.6 Å². The molecule has 1 heterocycles. The number of ether oxygens (including phenoxy) is 3. The Kier molecular flexibility index (Phi) is 7.64. The van der Waals surface area contributed by atoms with E-state index in [1.54, 1.807) is 13.2 Å². The third kappa shape index (κ3) is 4.92. The Morgan fingerprint density at radius 3 is 2.79 bits per heavy atom.